The second kappa shape index (κ2) is 4.83. The molecular weight excluding hydrogens is 239 g/mol. The molecule has 0 saturated heterocycles. The van der Waals surface area contributed by atoms with Crippen LogP contribution in [0.3, 0.4) is 0 Å². The first-order valence-corrected chi connectivity index (χ1v) is 10.0. The topological polar surface area (TPSA) is 0 Å². The van der Waals surface area contributed by atoms with Gasteiger partial charge in [0.2, 0.25) is 0 Å². The average molecular weight is 256 g/mol. The zero-order chi connectivity index (χ0) is 13.5. The molecule has 1 aliphatic rings. The summed E-state index contributed by atoms with van der Waals surface area (Å²) >= 11 is 2.29. The van der Waals surface area contributed by atoms with Gasteiger partial charge in [-0.15, -0.1) is 0 Å². The summed E-state index contributed by atoms with van der Waals surface area (Å²) in [6.45, 7) is 4.99. The van der Waals surface area contributed by atoms with Crippen molar-refractivity contribution in [1.82, 2.24) is 0 Å². The first kappa shape index (κ1) is 13.0. The van der Waals surface area contributed by atoms with E-state index in [1.54, 1.807) is 5.19 Å². The molecule has 0 aliphatic heterocycles. The van der Waals surface area contributed by atoms with Crippen molar-refractivity contribution in [2.75, 3.05) is 0 Å². The van der Waals surface area contributed by atoms with Crippen molar-refractivity contribution in [3.8, 4) is 0 Å². The molecule has 2 aromatic rings. The fourth-order valence-electron chi connectivity index (χ4n) is 3.47. The average Bonchev–Trinajstić information content (AvgIpc) is 2.76. The summed E-state index contributed by atoms with van der Waals surface area (Å²) in [5.41, 5.74) is 3.56. The fourth-order valence-corrected chi connectivity index (χ4v) is 7.12. The molecule has 0 N–H and O–H groups in total. The zero-order valence-corrected chi connectivity index (χ0v) is 12.9. The van der Waals surface area contributed by atoms with Gasteiger partial charge < -0.3 is 0 Å². The van der Waals surface area contributed by atoms with Gasteiger partial charge in [-0.1, -0.05) is 0 Å². The van der Waals surface area contributed by atoms with E-state index >= 15 is 0 Å². The van der Waals surface area contributed by atoms with Crippen LogP contribution >= 0.6 is 0 Å². The Kier molecular flexibility index (Phi) is 3.31. The van der Waals surface area contributed by atoms with Gasteiger partial charge in [0.1, 0.15) is 0 Å². The van der Waals surface area contributed by atoms with E-state index in [0.29, 0.717) is 5.54 Å². The van der Waals surface area contributed by atoms with Gasteiger partial charge in [0.15, 0.2) is 0 Å². The molecule has 90 valence electrons. The Labute approximate surface area is 125 Å². The molecule has 0 saturated carbocycles. The molecule has 2 aromatic carbocycles. The van der Waals surface area contributed by atoms with Crippen LogP contribution in [0, 0.1) is 0 Å². The van der Waals surface area contributed by atoms with Crippen LogP contribution in [0.1, 0.15) is 16.7 Å². The summed E-state index contributed by atoms with van der Waals surface area (Å²) in [6, 6.07) is 19.9. The Balaban J connectivity index is 2.10. The van der Waals surface area contributed by atoms with E-state index in [-0.39, 0.29) is 0 Å². The van der Waals surface area contributed by atoms with Crippen LogP contribution in [-0.2, 0) is 0 Å². The standard InChI is InChI=1S/C17H17Si.Li/c1-18(2,15-9-4-3-5-10-15)17-13-12-14-8-6-7-11-16(14)17;/h3-12,17H,1-2H3;. The molecule has 0 fully saturated rings. The SMILES string of the molecule is [Li][C]1=Cc2ccccc2C1[Si](C)(C)c1ccccc1. The maximum atomic E-state index is 2.49. The van der Waals surface area contributed by atoms with E-state index in [2.05, 4.69) is 91.5 Å². The Morgan fingerprint density at radius 3 is 2.26 bits per heavy atom. The fraction of sp³-hybridized carbons (Fsp3) is 0.176. The number of rotatable bonds is 2. The second-order valence-electron chi connectivity index (χ2n) is 6.04. The Morgan fingerprint density at radius 1 is 0.895 bits per heavy atom. The summed E-state index contributed by atoms with van der Waals surface area (Å²) in [4.78, 5) is 0. The van der Waals surface area contributed by atoms with Crippen molar-refractivity contribution < 1.29 is 0 Å². The molecule has 0 spiro atoms. The van der Waals surface area contributed by atoms with Gasteiger partial charge in [0.25, 0.3) is 0 Å². The van der Waals surface area contributed by atoms with E-state index in [1.807, 2.05) is 0 Å². The van der Waals surface area contributed by atoms with Crippen molar-refractivity contribution >= 4 is 37.1 Å². The Bertz CT molecular complexity index is 629. The van der Waals surface area contributed by atoms with E-state index in [4.69, 9.17) is 0 Å². The summed E-state index contributed by atoms with van der Waals surface area (Å²) in [5, 5.41) is 1.55. The quantitative estimate of drug-likeness (QED) is 0.722. The predicted molar refractivity (Wildman–Crippen MR) is 86.5 cm³/mol. The van der Waals surface area contributed by atoms with Crippen LogP contribution in [-0.4, -0.2) is 25.8 Å². The van der Waals surface area contributed by atoms with E-state index in [1.165, 1.54) is 15.4 Å². The van der Waals surface area contributed by atoms with Gasteiger partial charge in [-0.2, -0.15) is 0 Å². The van der Waals surface area contributed by atoms with Gasteiger partial charge in [-0.3, -0.25) is 0 Å². The number of hydrogen-bond acceptors (Lipinski definition) is 0. The third-order valence-corrected chi connectivity index (χ3v) is 8.42. The molecule has 0 nitrogen and oxygen atoms in total. The number of allylic oxidation sites excluding steroid dienone is 1. The minimum atomic E-state index is -1.53. The van der Waals surface area contributed by atoms with E-state index in [0.717, 1.165) is 0 Å². The molecule has 1 atom stereocenters. The third-order valence-electron chi connectivity index (χ3n) is 4.39. The van der Waals surface area contributed by atoms with Crippen LogP contribution in [0.4, 0.5) is 0 Å². The normalized spacial score (nSPS) is 18.1. The van der Waals surface area contributed by atoms with Crippen molar-refractivity contribution in [3.05, 3.63) is 70.0 Å². The van der Waals surface area contributed by atoms with Crippen LogP contribution in [0.5, 0.6) is 0 Å². The zero-order valence-electron chi connectivity index (χ0n) is 11.9. The van der Waals surface area contributed by atoms with Crippen molar-refractivity contribution in [2.45, 2.75) is 18.6 Å². The number of hydrogen-bond donors (Lipinski definition) is 0. The monoisotopic (exact) mass is 256 g/mol. The maximum absolute atomic E-state index is 2.49. The van der Waals surface area contributed by atoms with Gasteiger partial charge in [-0.05, 0) is 0 Å². The van der Waals surface area contributed by atoms with E-state index in [9.17, 15) is 0 Å². The molecule has 0 heterocycles. The van der Waals surface area contributed by atoms with Crippen molar-refractivity contribution in [1.29, 1.82) is 0 Å². The summed E-state index contributed by atoms with van der Waals surface area (Å²) in [7, 11) is -1.53. The molecule has 1 aliphatic carbocycles. The minimum absolute atomic E-state index is 0.617. The number of benzene rings is 2. The molecule has 3 rings (SSSR count). The summed E-state index contributed by atoms with van der Waals surface area (Å²) in [6.07, 6.45) is 2.37. The van der Waals surface area contributed by atoms with Gasteiger partial charge >= 0.3 is 126 Å². The Morgan fingerprint density at radius 2 is 1.53 bits per heavy atom. The van der Waals surface area contributed by atoms with Crippen LogP contribution in [0.15, 0.2) is 58.8 Å². The first-order valence-electron chi connectivity index (χ1n) is 6.93. The number of fused-ring (bicyclic) bond motifs is 1. The predicted octanol–water partition coefficient (Wildman–Crippen LogP) is 3.45. The van der Waals surface area contributed by atoms with Crippen LogP contribution in [0.2, 0.25) is 13.1 Å². The second-order valence-corrected chi connectivity index (χ2v) is 10.6. The molecular formula is C17H17LiSi. The first-order chi connectivity index (χ1) is 9.10. The Hall–Kier alpha value is -1.01. The summed E-state index contributed by atoms with van der Waals surface area (Å²) < 4.78 is 1.53. The van der Waals surface area contributed by atoms with Gasteiger partial charge in [0.05, 0.1) is 0 Å². The molecule has 2 heteroatoms. The van der Waals surface area contributed by atoms with Crippen molar-refractivity contribution in [3.63, 3.8) is 0 Å². The molecule has 0 bridgehead atoms. The van der Waals surface area contributed by atoms with Crippen molar-refractivity contribution in [2.24, 2.45) is 0 Å². The molecule has 0 aromatic heterocycles. The van der Waals surface area contributed by atoms with Gasteiger partial charge in [0, 0.05) is 0 Å². The van der Waals surface area contributed by atoms with Gasteiger partial charge in [-0.25, -0.2) is 0 Å². The molecule has 19 heavy (non-hydrogen) atoms. The molecule has 0 radical (unpaired) electrons. The van der Waals surface area contributed by atoms with Crippen LogP contribution in [0.25, 0.3) is 6.08 Å². The summed E-state index contributed by atoms with van der Waals surface area (Å²) in [5.74, 6) is 0. The van der Waals surface area contributed by atoms with Crippen LogP contribution < -0.4 is 5.19 Å². The molecule has 0 amide bonds. The third kappa shape index (κ3) is 2.17. The van der Waals surface area contributed by atoms with E-state index < -0.39 is 8.07 Å². The molecule has 1 unspecified atom stereocenters.